The molecule has 0 atom stereocenters. The first kappa shape index (κ1) is 8.24. The molecular formula is C12H13N. The van der Waals surface area contributed by atoms with Gasteiger partial charge < -0.3 is 0 Å². The third kappa shape index (κ3) is 1.42. The molecular weight excluding hydrogens is 158 g/mol. The Balaban J connectivity index is 2.79. The minimum absolute atomic E-state index is 1.07. The molecule has 0 aliphatic carbocycles. The van der Waals surface area contributed by atoms with Crippen molar-refractivity contribution in [1.82, 2.24) is 4.98 Å². The summed E-state index contributed by atoms with van der Waals surface area (Å²) in [4.78, 5) is 4.33. The number of pyridine rings is 1. The molecule has 0 unspecified atom stereocenters. The van der Waals surface area contributed by atoms with Crippen LogP contribution in [0.15, 0.2) is 30.5 Å². The maximum Gasteiger partial charge on any atom is 0.0704 e. The Kier molecular flexibility index (Phi) is 2.01. The van der Waals surface area contributed by atoms with Crippen molar-refractivity contribution in [3.63, 3.8) is 0 Å². The number of fused-ring (bicyclic) bond motifs is 1. The van der Waals surface area contributed by atoms with E-state index in [1.54, 1.807) is 0 Å². The van der Waals surface area contributed by atoms with Crippen LogP contribution in [-0.2, 0) is 6.42 Å². The summed E-state index contributed by atoms with van der Waals surface area (Å²) in [6.45, 7) is 4.29. The van der Waals surface area contributed by atoms with Gasteiger partial charge in [0.2, 0.25) is 0 Å². The Labute approximate surface area is 78.4 Å². The summed E-state index contributed by atoms with van der Waals surface area (Å²) >= 11 is 0. The predicted octanol–water partition coefficient (Wildman–Crippen LogP) is 3.11. The molecule has 0 bridgehead atoms. The SMILES string of the molecule is CCc1ccnc2ccc(C)cc12. The van der Waals surface area contributed by atoms with Gasteiger partial charge >= 0.3 is 0 Å². The van der Waals surface area contributed by atoms with Crippen molar-refractivity contribution in [2.45, 2.75) is 20.3 Å². The first-order valence-corrected chi connectivity index (χ1v) is 4.65. The van der Waals surface area contributed by atoms with E-state index in [1.165, 1.54) is 16.5 Å². The highest BCUT2D eigenvalue weighted by atomic mass is 14.6. The van der Waals surface area contributed by atoms with Crippen molar-refractivity contribution in [1.29, 1.82) is 0 Å². The molecule has 66 valence electrons. The number of rotatable bonds is 1. The summed E-state index contributed by atoms with van der Waals surface area (Å²) in [5.74, 6) is 0. The average molecular weight is 171 g/mol. The highest BCUT2D eigenvalue weighted by Crippen LogP contribution is 2.18. The quantitative estimate of drug-likeness (QED) is 0.642. The largest absolute Gasteiger partial charge is 0.256 e. The van der Waals surface area contributed by atoms with Crippen LogP contribution in [0, 0.1) is 6.92 Å². The van der Waals surface area contributed by atoms with Gasteiger partial charge in [0, 0.05) is 11.6 Å². The summed E-state index contributed by atoms with van der Waals surface area (Å²) in [6.07, 6.45) is 2.96. The van der Waals surface area contributed by atoms with E-state index in [2.05, 4.69) is 43.1 Å². The zero-order chi connectivity index (χ0) is 9.26. The lowest BCUT2D eigenvalue weighted by atomic mass is 10.1. The van der Waals surface area contributed by atoms with Gasteiger partial charge in [0.15, 0.2) is 0 Å². The van der Waals surface area contributed by atoms with Crippen molar-refractivity contribution in [2.24, 2.45) is 0 Å². The first-order valence-electron chi connectivity index (χ1n) is 4.65. The first-order chi connectivity index (χ1) is 6.31. The van der Waals surface area contributed by atoms with Gasteiger partial charge in [-0.3, -0.25) is 4.98 Å². The van der Waals surface area contributed by atoms with Crippen LogP contribution >= 0.6 is 0 Å². The second-order valence-electron chi connectivity index (χ2n) is 3.34. The second-order valence-corrected chi connectivity index (χ2v) is 3.34. The van der Waals surface area contributed by atoms with E-state index < -0.39 is 0 Å². The van der Waals surface area contributed by atoms with Crippen LogP contribution in [0.3, 0.4) is 0 Å². The topological polar surface area (TPSA) is 12.9 Å². The van der Waals surface area contributed by atoms with Crippen LogP contribution < -0.4 is 0 Å². The fraction of sp³-hybridized carbons (Fsp3) is 0.250. The van der Waals surface area contributed by atoms with E-state index in [0.717, 1.165) is 11.9 Å². The van der Waals surface area contributed by atoms with E-state index in [1.807, 2.05) is 6.20 Å². The number of aryl methyl sites for hydroxylation is 2. The highest BCUT2D eigenvalue weighted by Gasteiger charge is 1.99. The van der Waals surface area contributed by atoms with Gasteiger partial charge in [-0.1, -0.05) is 18.6 Å². The Morgan fingerprint density at radius 2 is 2.08 bits per heavy atom. The molecule has 0 amide bonds. The Morgan fingerprint density at radius 3 is 2.85 bits per heavy atom. The number of hydrogen-bond donors (Lipinski definition) is 0. The average Bonchev–Trinajstić information content (AvgIpc) is 2.17. The molecule has 13 heavy (non-hydrogen) atoms. The molecule has 0 radical (unpaired) electrons. The molecule has 2 rings (SSSR count). The Hall–Kier alpha value is -1.37. The van der Waals surface area contributed by atoms with Crippen LogP contribution in [-0.4, -0.2) is 4.98 Å². The third-order valence-electron chi connectivity index (χ3n) is 2.37. The van der Waals surface area contributed by atoms with Crippen molar-refractivity contribution in [2.75, 3.05) is 0 Å². The highest BCUT2D eigenvalue weighted by molar-refractivity contribution is 5.82. The molecule has 1 nitrogen and oxygen atoms in total. The van der Waals surface area contributed by atoms with Crippen molar-refractivity contribution in [3.05, 3.63) is 41.6 Å². The van der Waals surface area contributed by atoms with E-state index in [0.29, 0.717) is 0 Å². The molecule has 1 heteroatoms. The number of nitrogens with zero attached hydrogens (tertiary/aromatic N) is 1. The van der Waals surface area contributed by atoms with E-state index in [-0.39, 0.29) is 0 Å². The lowest BCUT2D eigenvalue weighted by Crippen LogP contribution is -1.86. The van der Waals surface area contributed by atoms with Crippen LogP contribution in [0.1, 0.15) is 18.1 Å². The molecule has 1 aromatic carbocycles. The van der Waals surface area contributed by atoms with Crippen molar-refractivity contribution in [3.8, 4) is 0 Å². The molecule has 0 aliphatic rings. The van der Waals surface area contributed by atoms with Crippen molar-refractivity contribution >= 4 is 10.9 Å². The number of aromatic nitrogens is 1. The van der Waals surface area contributed by atoms with Gasteiger partial charge in [0.1, 0.15) is 0 Å². The molecule has 1 heterocycles. The third-order valence-corrected chi connectivity index (χ3v) is 2.37. The van der Waals surface area contributed by atoms with Gasteiger partial charge in [-0.05, 0) is 37.1 Å². The zero-order valence-electron chi connectivity index (χ0n) is 8.04. The predicted molar refractivity (Wildman–Crippen MR) is 55.9 cm³/mol. The maximum absolute atomic E-state index is 4.33. The molecule has 0 aliphatic heterocycles. The van der Waals surface area contributed by atoms with Crippen LogP contribution in [0.2, 0.25) is 0 Å². The molecule has 0 saturated carbocycles. The fourth-order valence-electron chi connectivity index (χ4n) is 1.63. The van der Waals surface area contributed by atoms with Crippen LogP contribution in [0.25, 0.3) is 10.9 Å². The van der Waals surface area contributed by atoms with Gasteiger partial charge in [-0.15, -0.1) is 0 Å². The van der Waals surface area contributed by atoms with E-state index in [4.69, 9.17) is 0 Å². The lowest BCUT2D eigenvalue weighted by Gasteiger charge is -2.03. The molecule has 1 aromatic heterocycles. The van der Waals surface area contributed by atoms with E-state index in [9.17, 15) is 0 Å². The second kappa shape index (κ2) is 3.17. The molecule has 0 saturated heterocycles. The van der Waals surface area contributed by atoms with E-state index >= 15 is 0 Å². The fourth-order valence-corrected chi connectivity index (χ4v) is 1.63. The van der Waals surface area contributed by atoms with Gasteiger partial charge in [0.25, 0.3) is 0 Å². The summed E-state index contributed by atoms with van der Waals surface area (Å²) in [5.41, 5.74) is 3.79. The summed E-state index contributed by atoms with van der Waals surface area (Å²) in [5, 5.41) is 1.30. The van der Waals surface area contributed by atoms with Gasteiger partial charge in [-0.2, -0.15) is 0 Å². The van der Waals surface area contributed by atoms with Crippen LogP contribution in [0.5, 0.6) is 0 Å². The van der Waals surface area contributed by atoms with Gasteiger partial charge in [-0.25, -0.2) is 0 Å². The standard InChI is InChI=1S/C12H13N/c1-3-10-6-7-13-12-5-4-9(2)8-11(10)12/h4-8H,3H2,1-2H3. The Bertz CT molecular complexity index is 432. The monoisotopic (exact) mass is 171 g/mol. The van der Waals surface area contributed by atoms with Crippen LogP contribution in [0.4, 0.5) is 0 Å². The summed E-state index contributed by atoms with van der Waals surface area (Å²) in [6, 6.07) is 8.50. The minimum Gasteiger partial charge on any atom is -0.256 e. The number of benzene rings is 1. The van der Waals surface area contributed by atoms with Gasteiger partial charge in [0.05, 0.1) is 5.52 Å². The molecule has 0 spiro atoms. The summed E-state index contributed by atoms with van der Waals surface area (Å²) < 4.78 is 0. The number of hydrogen-bond acceptors (Lipinski definition) is 1. The minimum atomic E-state index is 1.07. The van der Waals surface area contributed by atoms with Crippen molar-refractivity contribution < 1.29 is 0 Å². The molecule has 2 aromatic rings. The maximum atomic E-state index is 4.33. The molecule has 0 fully saturated rings. The Morgan fingerprint density at radius 1 is 1.23 bits per heavy atom. The summed E-state index contributed by atoms with van der Waals surface area (Å²) in [7, 11) is 0. The normalized spacial score (nSPS) is 10.6. The molecule has 0 N–H and O–H groups in total. The smallest absolute Gasteiger partial charge is 0.0704 e. The lowest BCUT2D eigenvalue weighted by molar-refractivity contribution is 1.15. The zero-order valence-corrected chi connectivity index (χ0v) is 8.04.